The molecule has 88 valence electrons. The Labute approximate surface area is 91.9 Å². The van der Waals surface area contributed by atoms with Crippen LogP contribution >= 0.6 is 0 Å². The Balaban J connectivity index is 2.24. The van der Waals surface area contributed by atoms with Crippen molar-refractivity contribution in [2.24, 2.45) is 5.84 Å². The van der Waals surface area contributed by atoms with Crippen molar-refractivity contribution in [2.45, 2.75) is 12.2 Å². The molecule has 0 aromatic carbocycles. The number of rotatable bonds is 2. The van der Waals surface area contributed by atoms with Crippen molar-refractivity contribution in [3.8, 4) is 0 Å². The maximum atomic E-state index is 9.42. The van der Waals surface area contributed by atoms with E-state index in [9.17, 15) is 10.2 Å². The predicted molar refractivity (Wildman–Crippen MR) is 58.5 cm³/mol. The number of aliphatic hydroxyl groups excluding tert-OH is 2. The van der Waals surface area contributed by atoms with E-state index in [1.165, 1.54) is 0 Å². The summed E-state index contributed by atoms with van der Waals surface area (Å²) in [5, 5.41) is 18.8. The van der Waals surface area contributed by atoms with Gasteiger partial charge in [-0.25, -0.2) is 5.84 Å². The Morgan fingerprint density at radius 2 is 1.94 bits per heavy atom. The van der Waals surface area contributed by atoms with Crippen molar-refractivity contribution < 1.29 is 10.2 Å². The third-order valence-corrected chi connectivity index (χ3v) is 2.46. The minimum absolute atomic E-state index is 0.0846. The lowest BCUT2D eigenvalue weighted by molar-refractivity contribution is 0.0572. The Morgan fingerprint density at radius 1 is 1.31 bits per heavy atom. The van der Waals surface area contributed by atoms with Gasteiger partial charge >= 0.3 is 0 Å². The van der Waals surface area contributed by atoms with E-state index < -0.39 is 12.2 Å². The first-order valence-corrected chi connectivity index (χ1v) is 4.82. The summed E-state index contributed by atoms with van der Waals surface area (Å²) in [4.78, 5) is 9.56. The highest BCUT2D eigenvalue weighted by atomic mass is 16.3. The Hall–Kier alpha value is -1.64. The van der Waals surface area contributed by atoms with Crippen LogP contribution in [0.1, 0.15) is 0 Å². The van der Waals surface area contributed by atoms with E-state index in [4.69, 9.17) is 11.6 Å². The minimum atomic E-state index is -0.773. The normalized spacial score (nSPS) is 24.8. The molecule has 2 rings (SSSR count). The third-order valence-electron chi connectivity index (χ3n) is 2.46. The number of β-amino-alcohol motifs (C(OH)–C–C–N with tert-alkyl or cyclic N) is 2. The largest absolute Gasteiger partial charge is 0.389 e. The van der Waals surface area contributed by atoms with Gasteiger partial charge in [0.15, 0.2) is 0 Å². The molecule has 1 aromatic heterocycles. The number of aliphatic hydroxyl groups is 2. The van der Waals surface area contributed by atoms with Crippen LogP contribution in [0.15, 0.2) is 6.07 Å². The highest BCUT2D eigenvalue weighted by Crippen LogP contribution is 2.21. The molecule has 2 heterocycles. The number of nitrogens with zero attached hydrogens (tertiary/aromatic N) is 3. The molecule has 1 fully saturated rings. The van der Waals surface area contributed by atoms with E-state index in [1.807, 2.05) is 0 Å². The van der Waals surface area contributed by atoms with Crippen molar-refractivity contribution in [2.75, 3.05) is 29.1 Å². The number of anilines is 3. The molecule has 1 aliphatic heterocycles. The van der Waals surface area contributed by atoms with Crippen LogP contribution in [0, 0.1) is 0 Å². The molecule has 8 nitrogen and oxygen atoms in total. The number of nitrogen functional groups attached to an aromatic ring is 2. The number of hydrogen-bond acceptors (Lipinski definition) is 8. The zero-order valence-corrected chi connectivity index (χ0v) is 8.54. The summed E-state index contributed by atoms with van der Waals surface area (Å²) in [6.07, 6.45) is -1.55. The Kier molecular flexibility index (Phi) is 2.77. The van der Waals surface area contributed by atoms with Gasteiger partial charge in [-0.1, -0.05) is 0 Å². The fourth-order valence-corrected chi connectivity index (χ4v) is 1.65. The maximum absolute atomic E-state index is 9.42. The molecule has 0 aliphatic carbocycles. The lowest BCUT2D eigenvalue weighted by atomic mass is 10.3. The number of hydrogen-bond donors (Lipinski definition) is 5. The van der Waals surface area contributed by atoms with Crippen LogP contribution in [0.3, 0.4) is 0 Å². The number of aromatic nitrogens is 2. The van der Waals surface area contributed by atoms with Crippen molar-refractivity contribution in [3.05, 3.63) is 6.07 Å². The topological polar surface area (TPSA) is 134 Å². The molecular weight excluding hydrogens is 212 g/mol. The zero-order valence-electron chi connectivity index (χ0n) is 8.54. The van der Waals surface area contributed by atoms with E-state index in [0.29, 0.717) is 24.7 Å². The van der Waals surface area contributed by atoms with Gasteiger partial charge in [-0.15, -0.1) is 0 Å². The molecule has 1 aromatic rings. The van der Waals surface area contributed by atoms with E-state index in [1.54, 1.807) is 11.0 Å². The second-order valence-corrected chi connectivity index (χ2v) is 3.65. The molecule has 2 atom stereocenters. The van der Waals surface area contributed by atoms with Crippen molar-refractivity contribution in [3.63, 3.8) is 0 Å². The van der Waals surface area contributed by atoms with Crippen LogP contribution in [0.25, 0.3) is 0 Å². The lowest BCUT2D eigenvalue weighted by Crippen LogP contribution is -2.23. The van der Waals surface area contributed by atoms with Crippen molar-refractivity contribution in [1.82, 2.24) is 9.97 Å². The van der Waals surface area contributed by atoms with Gasteiger partial charge in [0.25, 0.3) is 0 Å². The standard InChI is InChI=1S/C8H14N6O2/c9-8-11-6(13-10)1-7(12-8)14-2-4(15)5(16)3-14/h1,4-5,15-16H,2-3,10H2,(H3,9,11,12,13). The smallest absolute Gasteiger partial charge is 0.223 e. The fraction of sp³-hybridized carbons (Fsp3) is 0.500. The van der Waals surface area contributed by atoms with Crippen LogP contribution in [-0.4, -0.2) is 45.5 Å². The Bertz CT molecular complexity index is 377. The lowest BCUT2D eigenvalue weighted by Gasteiger charge is -2.17. The van der Waals surface area contributed by atoms with Crippen LogP contribution in [0.5, 0.6) is 0 Å². The Morgan fingerprint density at radius 3 is 2.50 bits per heavy atom. The van der Waals surface area contributed by atoms with Crippen LogP contribution in [0.2, 0.25) is 0 Å². The van der Waals surface area contributed by atoms with Gasteiger partial charge in [0.05, 0.1) is 12.2 Å². The van der Waals surface area contributed by atoms with Gasteiger partial charge in [-0.2, -0.15) is 9.97 Å². The second-order valence-electron chi connectivity index (χ2n) is 3.65. The van der Waals surface area contributed by atoms with Gasteiger partial charge in [-0.3, -0.25) is 0 Å². The molecule has 0 amide bonds. The highest BCUT2D eigenvalue weighted by Gasteiger charge is 2.30. The average Bonchev–Trinajstić information content (AvgIpc) is 2.58. The van der Waals surface area contributed by atoms with Crippen molar-refractivity contribution >= 4 is 17.6 Å². The molecular formula is C8H14N6O2. The molecule has 0 radical (unpaired) electrons. The first-order valence-electron chi connectivity index (χ1n) is 4.82. The summed E-state index contributed by atoms with van der Waals surface area (Å²) in [6.45, 7) is 0.614. The molecule has 16 heavy (non-hydrogen) atoms. The monoisotopic (exact) mass is 226 g/mol. The van der Waals surface area contributed by atoms with E-state index >= 15 is 0 Å². The molecule has 2 unspecified atom stereocenters. The molecule has 0 saturated carbocycles. The quantitative estimate of drug-likeness (QED) is 0.285. The average molecular weight is 226 g/mol. The van der Waals surface area contributed by atoms with Gasteiger partial charge in [0.1, 0.15) is 11.6 Å². The summed E-state index contributed by atoms with van der Waals surface area (Å²) in [5.41, 5.74) is 7.87. The second kappa shape index (κ2) is 4.08. The number of nitrogens with one attached hydrogen (secondary N) is 1. The van der Waals surface area contributed by atoms with Gasteiger partial charge in [-0.05, 0) is 0 Å². The first kappa shape index (κ1) is 10.9. The zero-order chi connectivity index (χ0) is 11.7. The van der Waals surface area contributed by atoms with Crippen LogP contribution in [-0.2, 0) is 0 Å². The maximum Gasteiger partial charge on any atom is 0.223 e. The molecule has 8 heteroatoms. The SMILES string of the molecule is NNc1cc(N2CC(O)C(O)C2)nc(N)n1. The predicted octanol–water partition coefficient (Wildman–Crippen LogP) is -2.11. The summed E-state index contributed by atoms with van der Waals surface area (Å²) >= 11 is 0. The number of nitrogens with two attached hydrogens (primary N) is 2. The van der Waals surface area contributed by atoms with Gasteiger partial charge < -0.3 is 26.3 Å². The summed E-state index contributed by atoms with van der Waals surface area (Å²) in [7, 11) is 0. The van der Waals surface area contributed by atoms with Gasteiger partial charge in [0.2, 0.25) is 5.95 Å². The number of hydrazine groups is 1. The molecule has 0 bridgehead atoms. The first-order chi connectivity index (χ1) is 7.60. The third kappa shape index (κ3) is 1.98. The van der Waals surface area contributed by atoms with E-state index in [2.05, 4.69) is 15.4 Å². The van der Waals surface area contributed by atoms with E-state index in [0.717, 1.165) is 0 Å². The summed E-state index contributed by atoms with van der Waals surface area (Å²) in [5.74, 6) is 6.22. The highest BCUT2D eigenvalue weighted by molar-refractivity contribution is 5.52. The fourth-order valence-electron chi connectivity index (χ4n) is 1.65. The van der Waals surface area contributed by atoms with Crippen LogP contribution < -0.4 is 21.9 Å². The molecule has 1 aliphatic rings. The summed E-state index contributed by atoms with van der Waals surface area (Å²) in [6, 6.07) is 1.60. The van der Waals surface area contributed by atoms with Gasteiger partial charge in [0, 0.05) is 19.2 Å². The van der Waals surface area contributed by atoms with Crippen LogP contribution in [0.4, 0.5) is 17.6 Å². The molecule has 7 N–H and O–H groups in total. The summed E-state index contributed by atoms with van der Waals surface area (Å²) < 4.78 is 0. The minimum Gasteiger partial charge on any atom is -0.389 e. The molecule has 1 saturated heterocycles. The van der Waals surface area contributed by atoms with E-state index in [-0.39, 0.29) is 5.95 Å². The molecule has 0 spiro atoms. The van der Waals surface area contributed by atoms with Crippen molar-refractivity contribution in [1.29, 1.82) is 0 Å².